The van der Waals surface area contributed by atoms with Gasteiger partial charge in [0.1, 0.15) is 4.75 Å². The minimum absolute atomic E-state index is 0.441. The fourth-order valence-corrected chi connectivity index (χ4v) is 2.20. The van der Waals surface area contributed by atoms with Gasteiger partial charge in [-0.1, -0.05) is 61.5 Å². The molecule has 0 aromatic heterocycles. The van der Waals surface area contributed by atoms with Crippen LogP contribution < -0.4 is 0 Å². The first-order chi connectivity index (χ1) is 9.08. The molecular formula is C16H16O2S. The van der Waals surface area contributed by atoms with Crippen LogP contribution in [-0.2, 0) is 9.54 Å². The summed E-state index contributed by atoms with van der Waals surface area (Å²) in [6.07, 6.45) is 0.441. The number of carbonyl (C=O) groups is 1. The van der Waals surface area contributed by atoms with Crippen LogP contribution in [0.4, 0.5) is 0 Å². The molecular weight excluding hydrogens is 256 g/mol. The molecule has 98 valence electrons. The lowest BCUT2D eigenvalue weighted by Gasteiger charge is -2.22. The van der Waals surface area contributed by atoms with Crippen molar-refractivity contribution in [3.63, 3.8) is 0 Å². The third kappa shape index (κ3) is 2.66. The summed E-state index contributed by atoms with van der Waals surface area (Å²) in [4.78, 5) is 11.3. The largest absolute Gasteiger partial charge is 0.480 e. The van der Waals surface area contributed by atoms with Crippen LogP contribution in [0.25, 0.3) is 11.1 Å². The van der Waals surface area contributed by atoms with Gasteiger partial charge in [-0.15, -0.1) is 0 Å². The van der Waals surface area contributed by atoms with E-state index in [2.05, 4.69) is 12.6 Å². The zero-order valence-corrected chi connectivity index (χ0v) is 11.6. The molecule has 0 aliphatic rings. The monoisotopic (exact) mass is 272 g/mol. The minimum atomic E-state index is -1.12. The number of carboxylic acid groups (broad SMARTS) is 1. The average Bonchev–Trinajstić information content (AvgIpc) is 2.47. The van der Waals surface area contributed by atoms with Gasteiger partial charge in [0.2, 0.25) is 0 Å². The molecule has 0 aliphatic carbocycles. The second-order valence-corrected chi connectivity index (χ2v) is 5.23. The van der Waals surface area contributed by atoms with Gasteiger partial charge >= 0.3 is 5.97 Å². The molecule has 0 fully saturated rings. The summed E-state index contributed by atoms with van der Waals surface area (Å²) >= 11 is 4.33. The van der Waals surface area contributed by atoms with Gasteiger partial charge in [0.05, 0.1) is 0 Å². The molecule has 1 unspecified atom stereocenters. The van der Waals surface area contributed by atoms with E-state index in [0.717, 1.165) is 11.1 Å². The maximum Gasteiger partial charge on any atom is 0.324 e. The van der Waals surface area contributed by atoms with E-state index in [4.69, 9.17) is 0 Å². The van der Waals surface area contributed by atoms with Crippen molar-refractivity contribution in [2.24, 2.45) is 0 Å². The van der Waals surface area contributed by atoms with Gasteiger partial charge in [-0.05, 0) is 23.1 Å². The van der Waals surface area contributed by atoms with Crippen LogP contribution in [-0.4, -0.2) is 11.1 Å². The first-order valence-corrected chi connectivity index (χ1v) is 6.64. The number of thiol groups is 1. The molecule has 0 bridgehead atoms. The molecule has 0 saturated heterocycles. The highest BCUT2D eigenvalue weighted by Crippen LogP contribution is 2.33. The van der Waals surface area contributed by atoms with Gasteiger partial charge in [-0.2, -0.15) is 12.6 Å². The van der Waals surface area contributed by atoms with Gasteiger partial charge in [0.15, 0.2) is 0 Å². The Labute approximate surface area is 118 Å². The third-order valence-corrected chi connectivity index (χ3v) is 4.10. The molecule has 19 heavy (non-hydrogen) atoms. The highest BCUT2D eigenvalue weighted by atomic mass is 32.1. The Morgan fingerprint density at radius 3 is 2.05 bits per heavy atom. The van der Waals surface area contributed by atoms with E-state index in [1.165, 1.54) is 0 Å². The molecule has 0 amide bonds. The summed E-state index contributed by atoms with van der Waals surface area (Å²) in [5.74, 6) is -0.911. The molecule has 1 N–H and O–H groups in total. The standard InChI is InChI=1S/C16H16O2S/c1-2-16(19,15(17)18)14-10-8-13(9-11-14)12-6-4-3-5-7-12/h3-11,19H,2H2,1H3,(H,17,18). The van der Waals surface area contributed by atoms with E-state index in [0.29, 0.717) is 12.0 Å². The van der Waals surface area contributed by atoms with Crippen molar-refractivity contribution < 1.29 is 9.90 Å². The molecule has 2 rings (SSSR count). The fraction of sp³-hybridized carbons (Fsp3) is 0.188. The van der Waals surface area contributed by atoms with Gasteiger partial charge in [0.25, 0.3) is 0 Å². The Hall–Kier alpha value is -1.74. The first-order valence-electron chi connectivity index (χ1n) is 6.19. The average molecular weight is 272 g/mol. The molecule has 0 aliphatic heterocycles. The summed E-state index contributed by atoms with van der Waals surface area (Å²) in [6, 6.07) is 17.5. The first kappa shape index (κ1) is 13.7. The quantitative estimate of drug-likeness (QED) is 0.826. The second-order valence-electron chi connectivity index (χ2n) is 4.46. The molecule has 2 aromatic rings. The minimum Gasteiger partial charge on any atom is -0.480 e. The number of hydrogen-bond donors (Lipinski definition) is 2. The Morgan fingerprint density at radius 1 is 1.05 bits per heavy atom. The molecule has 2 aromatic carbocycles. The van der Waals surface area contributed by atoms with Gasteiger partial charge in [-0.25, -0.2) is 0 Å². The van der Waals surface area contributed by atoms with Crippen LogP contribution in [0.2, 0.25) is 0 Å². The molecule has 3 heteroatoms. The van der Waals surface area contributed by atoms with E-state index < -0.39 is 10.7 Å². The lowest BCUT2D eigenvalue weighted by molar-refractivity contribution is -0.140. The number of carboxylic acids is 1. The van der Waals surface area contributed by atoms with Crippen LogP contribution in [0.1, 0.15) is 18.9 Å². The Bertz CT molecular complexity index is 563. The Balaban J connectivity index is 2.36. The van der Waals surface area contributed by atoms with Gasteiger partial charge in [-0.3, -0.25) is 4.79 Å². The summed E-state index contributed by atoms with van der Waals surface area (Å²) in [6.45, 7) is 1.83. The smallest absolute Gasteiger partial charge is 0.324 e. The van der Waals surface area contributed by atoms with Crippen molar-refractivity contribution in [3.05, 3.63) is 60.2 Å². The molecule has 0 radical (unpaired) electrons. The van der Waals surface area contributed by atoms with Crippen molar-refractivity contribution in [1.29, 1.82) is 0 Å². The van der Waals surface area contributed by atoms with Crippen LogP contribution >= 0.6 is 12.6 Å². The lowest BCUT2D eigenvalue weighted by Crippen LogP contribution is -2.28. The second kappa shape index (κ2) is 5.49. The fourth-order valence-electron chi connectivity index (χ4n) is 2.05. The van der Waals surface area contributed by atoms with E-state index in [9.17, 15) is 9.90 Å². The number of benzene rings is 2. The van der Waals surface area contributed by atoms with E-state index in [1.54, 1.807) is 0 Å². The predicted octanol–water partition coefficient (Wildman–Crippen LogP) is 3.97. The van der Waals surface area contributed by atoms with Crippen molar-refractivity contribution in [3.8, 4) is 11.1 Å². The van der Waals surface area contributed by atoms with Crippen LogP contribution in [0.5, 0.6) is 0 Å². The van der Waals surface area contributed by atoms with Gasteiger partial charge < -0.3 is 5.11 Å². The third-order valence-electron chi connectivity index (χ3n) is 3.34. The van der Waals surface area contributed by atoms with Crippen molar-refractivity contribution in [2.75, 3.05) is 0 Å². The molecule has 2 nitrogen and oxygen atoms in total. The Kier molecular flexibility index (Phi) is 3.96. The van der Waals surface area contributed by atoms with E-state index >= 15 is 0 Å². The van der Waals surface area contributed by atoms with Crippen LogP contribution in [0.3, 0.4) is 0 Å². The highest BCUT2D eigenvalue weighted by molar-refractivity contribution is 7.82. The van der Waals surface area contributed by atoms with Crippen molar-refractivity contribution in [1.82, 2.24) is 0 Å². The van der Waals surface area contributed by atoms with Crippen molar-refractivity contribution in [2.45, 2.75) is 18.1 Å². The lowest BCUT2D eigenvalue weighted by atomic mass is 9.93. The topological polar surface area (TPSA) is 37.3 Å². The Morgan fingerprint density at radius 2 is 1.58 bits per heavy atom. The summed E-state index contributed by atoms with van der Waals surface area (Å²) in [5.41, 5.74) is 2.90. The number of aliphatic carboxylic acids is 1. The molecule has 0 saturated carbocycles. The van der Waals surface area contributed by atoms with E-state index in [1.807, 2.05) is 61.5 Å². The SMILES string of the molecule is CCC(S)(C(=O)O)c1ccc(-c2ccccc2)cc1. The zero-order valence-electron chi connectivity index (χ0n) is 10.7. The summed E-state index contributed by atoms with van der Waals surface area (Å²) < 4.78 is -1.12. The van der Waals surface area contributed by atoms with Gasteiger partial charge in [0, 0.05) is 0 Å². The highest BCUT2D eigenvalue weighted by Gasteiger charge is 2.34. The zero-order chi connectivity index (χ0) is 13.9. The maximum atomic E-state index is 11.3. The van der Waals surface area contributed by atoms with E-state index in [-0.39, 0.29) is 0 Å². The summed E-state index contributed by atoms with van der Waals surface area (Å²) in [5, 5.41) is 9.30. The van der Waals surface area contributed by atoms with Crippen molar-refractivity contribution >= 4 is 18.6 Å². The number of rotatable bonds is 4. The van der Waals surface area contributed by atoms with Crippen LogP contribution in [0.15, 0.2) is 54.6 Å². The molecule has 1 atom stereocenters. The molecule has 0 heterocycles. The normalized spacial score (nSPS) is 13.8. The predicted molar refractivity (Wildman–Crippen MR) is 80.5 cm³/mol. The number of hydrogen-bond acceptors (Lipinski definition) is 2. The van der Waals surface area contributed by atoms with Crippen LogP contribution in [0, 0.1) is 0 Å². The summed E-state index contributed by atoms with van der Waals surface area (Å²) in [7, 11) is 0. The molecule has 0 spiro atoms. The maximum absolute atomic E-state index is 11.3.